The Morgan fingerprint density at radius 3 is 2.66 bits per heavy atom. The highest BCUT2D eigenvalue weighted by atomic mass is 32.1. The van der Waals surface area contributed by atoms with E-state index in [1.807, 2.05) is 54.7 Å². The van der Waals surface area contributed by atoms with Crippen LogP contribution in [0.2, 0.25) is 0 Å². The number of benzene rings is 2. The number of thiocarbonyl (C=S) groups is 1. The van der Waals surface area contributed by atoms with Crippen molar-refractivity contribution in [3.63, 3.8) is 0 Å². The van der Waals surface area contributed by atoms with Crippen LogP contribution in [0.15, 0.2) is 85.3 Å². The van der Waals surface area contributed by atoms with Crippen LogP contribution in [0.25, 0.3) is 10.8 Å². The van der Waals surface area contributed by atoms with Gasteiger partial charge in [-0.3, -0.25) is 9.78 Å². The van der Waals surface area contributed by atoms with Gasteiger partial charge in [-0.25, -0.2) is 0 Å². The van der Waals surface area contributed by atoms with Gasteiger partial charge in [0.15, 0.2) is 5.11 Å². The molecule has 1 saturated carbocycles. The first kappa shape index (κ1) is 24.6. The summed E-state index contributed by atoms with van der Waals surface area (Å²) in [6.07, 6.45) is 13.0. The number of aromatic nitrogens is 2. The number of carbonyl (C=O) groups excluding carboxylic acids is 1. The number of nitrogens with one attached hydrogen (secondary N) is 2. The third-order valence-corrected chi connectivity index (χ3v) is 8.27. The minimum Gasteiger partial charge on any atom is -0.352 e. The Labute approximate surface area is 229 Å². The molecule has 0 bridgehead atoms. The zero-order valence-corrected chi connectivity index (χ0v) is 22.2. The summed E-state index contributed by atoms with van der Waals surface area (Å²) < 4.78 is 2.39. The van der Waals surface area contributed by atoms with Gasteiger partial charge in [-0.15, -0.1) is 0 Å². The van der Waals surface area contributed by atoms with Crippen LogP contribution in [-0.4, -0.2) is 32.0 Å². The average molecular weight is 524 g/mol. The third-order valence-electron chi connectivity index (χ3n) is 7.92. The monoisotopic (exact) mass is 523 g/mol. The Kier molecular flexibility index (Phi) is 7.10. The SMILES string of the molecule is O=C(CCN1C(=S)N[C@@H](c2ccccn2)[C@@H]1c1ccn(C2CCCCC2)c1)Nc1cccc2ccccc12. The maximum absolute atomic E-state index is 13.1. The van der Waals surface area contributed by atoms with Gasteiger partial charge in [0, 0.05) is 48.7 Å². The van der Waals surface area contributed by atoms with Crippen LogP contribution < -0.4 is 10.6 Å². The molecule has 1 saturated heterocycles. The van der Waals surface area contributed by atoms with Crippen molar-refractivity contribution < 1.29 is 4.79 Å². The molecular formula is C31H33N5OS. The van der Waals surface area contributed by atoms with Gasteiger partial charge in [0.25, 0.3) is 0 Å². The molecule has 2 fully saturated rings. The molecule has 4 aromatic rings. The van der Waals surface area contributed by atoms with Gasteiger partial charge in [-0.1, -0.05) is 61.7 Å². The van der Waals surface area contributed by atoms with Crippen molar-refractivity contribution in [1.29, 1.82) is 0 Å². The van der Waals surface area contributed by atoms with Gasteiger partial charge < -0.3 is 20.1 Å². The number of hydrogen-bond acceptors (Lipinski definition) is 3. The maximum atomic E-state index is 13.1. The van der Waals surface area contributed by atoms with E-state index in [0.29, 0.717) is 24.1 Å². The summed E-state index contributed by atoms with van der Waals surface area (Å²) in [7, 11) is 0. The van der Waals surface area contributed by atoms with Gasteiger partial charge in [-0.2, -0.15) is 0 Å². The van der Waals surface area contributed by atoms with Gasteiger partial charge >= 0.3 is 0 Å². The van der Waals surface area contributed by atoms with E-state index in [-0.39, 0.29) is 18.0 Å². The van der Waals surface area contributed by atoms with E-state index in [1.165, 1.54) is 37.7 Å². The fraction of sp³-hybridized carbons (Fsp3) is 0.323. The predicted molar refractivity (Wildman–Crippen MR) is 156 cm³/mol. The first-order chi connectivity index (χ1) is 18.7. The predicted octanol–water partition coefficient (Wildman–Crippen LogP) is 6.54. The molecule has 0 spiro atoms. The number of fused-ring (bicyclic) bond motifs is 1. The molecule has 194 valence electrons. The molecule has 2 aromatic carbocycles. The number of rotatable bonds is 7. The first-order valence-corrected chi connectivity index (χ1v) is 14.0. The van der Waals surface area contributed by atoms with Crippen molar-refractivity contribution in [2.45, 2.75) is 56.7 Å². The Morgan fingerprint density at radius 1 is 1.00 bits per heavy atom. The summed E-state index contributed by atoms with van der Waals surface area (Å²) in [4.78, 5) is 19.9. The van der Waals surface area contributed by atoms with E-state index < -0.39 is 0 Å². The van der Waals surface area contributed by atoms with Gasteiger partial charge in [-0.05, 0) is 60.3 Å². The topological polar surface area (TPSA) is 62.2 Å². The number of hydrogen-bond donors (Lipinski definition) is 2. The summed E-state index contributed by atoms with van der Waals surface area (Å²) in [5.41, 5.74) is 2.99. The minimum absolute atomic E-state index is 0.0241. The van der Waals surface area contributed by atoms with E-state index >= 15 is 0 Å². The smallest absolute Gasteiger partial charge is 0.226 e. The van der Waals surface area contributed by atoms with E-state index in [2.05, 4.69) is 55.7 Å². The number of carbonyl (C=O) groups is 1. The van der Waals surface area contributed by atoms with Gasteiger partial charge in [0.1, 0.15) is 0 Å². The van der Waals surface area contributed by atoms with Crippen LogP contribution in [0.1, 0.15) is 67.9 Å². The van der Waals surface area contributed by atoms with Crippen molar-refractivity contribution in [3.8, 4) is 0 Å². The Bertz CT molecular complexity index is 1420. The molecular weight excluding hydrogens is 490 g/mol. The first-order valence-electron chi connectivity index (χ1n) is 13.6. The molecule has 1 aliphatic heterocycles. The second-order valence-electron chi connectivity index (χ2n) is 10.3. The Hall–Kier alpha value is -3.71. The lowest BCUT2D eigenvalue weighted by atomic mass is 9.95. The van der Waals surface area contributed by atoms with E-state index in [4.69, 9.17) is 12.2 Å². The van der Waals surface area contributed by atoms with Crippen molar-refractivity contribution >= 4 is 39.7 Å². The molecule has 0 unspecified atom stereocenters. The zero-order chi connectivity index (χ0) is 25.9. The lowest BCUT2D eigenvalue weighted by Gasteiger charge is -2.27. The molecule has 7 heteroatoms. The highest BCUT2D eigenvalue weighted by Crippen LogP contribution is 2.40. The largest absolute Gasteiger partial charge is 0.352 e. The van der Waals surface area contributed by atoms with Gasteiger partial charge in [0.05, 0.1) is 17.8 Å². The summed E-state index contributed by atoms with van der Waals surface area (Å²) in [6.45, 7) is 0.519. The van der Waals surface area contributed by atoms with Gasteiger partial charge in [0.2, 0.25) is 5.91 Å². The molecule has 6 rings (SSSR count). The average Bonchev–Trinajstić information content (AvgIpc) is 3.57. The zero-order valence-electron chi connectivity index (χ0n) is 21.4. The molecule has 2 N–H and O–H groups in total. The van der Waals surface area contributed by atoms with Crippen molar-refractivity contribution in [3.05, 3.63) is 96.6 Å². The summed E-state index contributed by atoms with van der Waals surface area (Å²) in [5, 5.41) is 9.44. The summed E-state index contributed by atoms with van der Waals surface area (Å²) in [6, 6.07) is 22.7. The lowest BCUT2D eigenvalue weighted by Crippen LogP contribution is -2.32. The maximum Gasteiger partial charge on any atom is 0.226 e. The van der Waals surface area contributed by atoms with Crippen LogP contribution in [0.5, 0.6) is 0 Å². The van der Waals surface area contributed by atoms with Crippen molar-refractivity contribution in [2.24, 2.45) is 0 Å². The van der Waals surface area contributed by atoms with E-state index in [0.717, 1.165) is 22.2 Å². The molecule has 38 heavy (non-hydrogen) atoms. The van der Waals surface area contributed by atoms with Crippen LogP contribution in [0, 0.1) is 0 Å². The van der Waals surface area contributed by atoms with Crippen molar-refractivity contribution in [2.75, 3.05) is 11.9 Å². The molecule has 3 heterocycles. The highest BCUT2D eigenvalue weighted by molar-refractivity contribution is 7.80. The van der Waals surface area contributed by atoms with Crippen LogP contribution in [-0.2, 0) is 4.79 Å². The molecule has 1 aliphatic carbocycles. The van der Waals surface area contributed by atoms with E-state index in [9.17, 15) is 4.79 Å². The lowest BCUT2D eigenvalue weighted by molar-refractivity contribution is -0.116. The fourth-order valence-corrected chi connectivity index (χ4v) is 6.32. The van der Waals surface area contributed by atoms with Crippen LogP contribution in [0.3, 0.4) is 0 Å². The molecule has 1 amide bonds. The molecule has 2 aliphatic rings. The molecule has 2 atom stereocenters. The third kappa shape index (κ3) is 5.03. The quantitative estimate of drug-likeness (QED) is 0.269. The number of amides is 1. The number of nitrogens with zero attached hydrogens (tertiary/aromatic N) is 3. The normalized spacial score (nSPS) is 20.0. The second-order valence-corrected chi connectivity index (χ2v) is 10.7. The Balaban J connectivity index is 1.22. The molecule has 6 nitrogen and oxygen atoms in total. The van der Waals surface area contributed by atoms with Crippen molar-refractivity contribution in [1.82, 2.24) is 19.8 Å². The standard InChI is InChI=1S/C31H33N5OS/c37-28(33-26-15-8-10-22-9-4-5-13-25(22)26)17-20-36-30(29(34-31(36)38)27-14-6-7-18-32-27)23-16-19-35(21-23)24-11-2-1-3-12-24/h4-10,13-16,18-19,21,24,29-30H,1-3,11-12,17,20H2,(H,33,37)(H,34,38)/t29-,30-/m0/s1. The van der Waals surface area contributed by atoms with Crippen LogP contribution >= 0.6 is 12.2 Å². The summed E-state index contributed by atoms with van der Waals surface area (Å²) >= 11 is 5.82. The molecule has 2 aromatic heterocycles. The fourth-order valence-electron chi connectivity index (χ4n) is 5.99. The Morgan fingerprint density at radius 2 is 1.82 bits per heavy atom. The number of pyridine rings is 1. The second kappa shape index (κ2) is 11.0. The summed E-state index contributed by atoms with van der Waals surface area (Å²) in [5.74, 6) is -0.0241. The highest BCUT2D eigenvalue weighted by Gasteiger charge is 2.40. The minimum atomic E-state index is -0.0768. The van der Waals surface area contributed by atoms with Crippen LogP contribution in [0.4, 0.5) is 5.69 Å². The number of anilines is 1. The van der Waals surface area contributed by atoms with E-state index in [1.54, 1.807) is 0 Å². The molecule has 0 radical (unpaired) electrons.